The van der Waals surface area contributed by atoms with Crippen molar-refractivity contribution < 1.29 is 24.6 Å². The number of hydrogen-bond acceptors (Lipinski definition) is 4. The van der Waals surface area contributed by atoms with E-state index in [4.69, 9.17) is 0 Å². The minimum atomic E-state index is -0.886. The quantitative estimate of drug-likeness (QED) is 0.114. The molecule has 318 valence electrons. The van der Waals surface area contributed by atoms with Gasteiger partial charge in [-0.25, -0.2) is 0 Å². The van der Waals surface area contributed by atoms with E-state index in [0.29, 0.717) is 48.2 Å². The van der Waals surface area contributed by atoms with E-state index >= 15 is 0 Å². The second kappa shape index (κ2) is 17.8. The van der Waals surface area contributed by atoms with Gasteiger partial charge in [0.05, 0.1) is 12.0 Å². The zero-order chi connectivity index (χ0) is 41.2. The normalized spacial score (nSPS) is 37.4. The van der Waals surface area contributed by atoms with Crippen molar-refractivity contribution in [3.8, 4) is 0 Å². The molecule has 5 aliphatic carbocycles. The number of carbonyl (C=O) groups excluding carboxylic acids is 2. The van der Waals surface area contributed by atoms with Crippen molar-refractivity contribution in [3.05, 3.63) is 47.5 Å². The SMILES string of the molecule is C[C@@H]1CC[C@]2(C(=O)CCCCCCCCCCCC(=O)C[C@@H](Cc3ccccc3)C(=O)O)CC[C@]3(C)C(=CCC4[C@@]5(C)CC[C@H](O)C(C)(C)C5CC[C@]43C)C2[C@H]1C. The second-order valence-electron chi connectivity index (χ2n) is 21.8. The summed E-state index contributed by atoms with van der Waals surface area (Å²) < 4.78 is 0. The van der Waals surface area contributed by atoms with E-state index in [9.17, 15) is 24.6 Å². The van der Waals surface area contributed by atoms with Crippen molar-refractivity contribution in [2.24, 2.45) is 62.6 Å². The van der Waals surface area contributed by atoms with Crippen molar-refractivity contribution in [2.45, 2.75) is 196 Å². The minimum Gasteiger partial charge on any atom is -0.481 e. The summed E-state index contributed by atoms with van der Waals surface area (Å²) in [6, 6.07) is 9.59. The van der Waals surface area contributed by atoms with Gasteiger partial charge in [-0.05, 0) is 134 Å². The number of carboxylic acids is 1. The number of aliphatic carboxylic acids is 1. The third-order valence-corrected chi connectivity index (χ3v) is 18.5. The van der Waals surface area contributed by atoms with Gasteiger partial charge >= 0.3 is 5.97 Å². The first-order valence-electron chi connectivity index (χ1n) is 23.7. The zero-order valence-electron chi connectivity index (χ0n) is 37.2. The first kappa shape index (κ1) is 44.3. The van der Waals surface area contributed by atoms with Crippen molar-refractivity contribution in [1.82, 2.24) is 0 Å². The molecule has 0 amide bonds. The second-order valence-corrected chi connectivity index (χ2v) is 21.8. The van der Waals surface area contributed by atoms with E-state index in [1.807, 2.05) is 30.3 Å². The molecule has 2 N–H and O–H groups in total. The number of carbonyl (C=O) groups is 3. The molecule has 5 heteroatoms. The summed E-state index contributed by atoms with van der Waals surface area (Å²) in [5.74, 6) is 1.85. The van der Waals surface area contributed by atoms with E-state index in [1.165, 1.54) is 44.9 Å². The molecule has 1 aromatic rings. The zero-order valence-corrected chi connectivity index (χ0v) is 37.2. The maximum atomic E-state index is 14.6. The Bertz CT molecular complexity index is 1590. The fourth-order valence-electron chi connectivity index (χ4n) is 14.6. The molecule has 0 bridgehead atoms. The first-order chi connectivity index (χ1) is 27.0. The van der Waals surface area contributed by atoms with Gasteiger partial charge in [-0.3, -0.25) is 14.4 Å². The lowest BCUT2D eigenvalue weighted by Crippen LogP contribution is -2.65. The molecule has 11 atom stereocenters. The highest BCUT2D eigenvalue weighted by atomic mass is 16.4. The summed E-state index contributed by atoms with van der Waals surface area (Å²) in [7, 11) is 0. The van der Waals surface area contributed by atoms with Gasteiger partial charge in [0.15, 0.2) is 0 Å². The number of hydrogen-bond donors (Lipinski definition) is 2. The lowest BCUT2D eigenvalue weighted by molar-refractivity contribution is -0.204. The lowest BCUT2D eigenvalue weighted by atomic mass is 9.33. The van der Waals surface area contributed by atoms with Gasteiger partial charge in [-0.1, -0.05) is 135 Å². The summed E-state index contributed by atoms with van der Waals surface area (Å²) >= 11 is 0. The topological polar surface area (TPSA) is 91.7 Å². The number of aliphatic hydroxyl groups excluding tert-OH is 1. The predicted octanol–water partition coefficient (Wildman–Crippen LogP) is 12.8. The molecule has 4 saturated carbocycles. The van der Waals surface area contributed by atoms with Crippen LogP contribution in [-0.4, -0.2) is 33.9 Å². The van der Waals surface area contributed by atoms with Gasteiger partial charge in [0.1, 0.15) is 11.6 Å². The minimum absolute atomic E-state index is 0.0375. The smallest absolute Gasteiger partial charge is 0.307 e. The summed E-state index contributed by atoms with van der Waals surface area (Å²) in [5, 5.41) is 20.8. The molecule has 5 aliphatic rings. The predicted molar refractivity (Wildman–Crippen MR) is 232 cm³/mol. The summed E-state index contributed by atoms with van der Waals surface area (Å²) in [4.78, 5) is 39.0. The van der Waals surface area contributed by atoms with Crippen molar-refractivity contribution in [1.29, 1.82) is 0 Å². The van der Waals surface area contributed by atoms with E-state index in [1.54, 1.807) is 5.57 Å². The molecular weight excluding hydrogens is 705 g/mol. The average Bonchev–Trinajstić information content (AvgIpc) is 3.17. The van der Waals surface area contributed by atoms with Crippen LogP contribution in [0.2, 0.25) is 0 Å². The third kappa shape index (κ3) is 8.41. The van der Waals surface area contributed by atoms with Gasteiger partial charge in [0.25, 0.3) is 0 Å². The molecule has 0 spiro atoms. The highest BCUT2D eigenvalue weighted by molar-refractivity contribution is 5.86. The molecule has 6 rings (SSSR count). The number of Topliss-reactive ketones (excluding diaryl/α,β-unsaturated/α-hetero) is 2. The fourth-order valence-corrected chi connectivity index (χ4v) is 14.6. The van der Waals surface area contributed by atoms with E-state index < -0.39 is 11.9 Å². The van der Waals surface area contributed by atoms with Crippen molar-refractivity contribution in [3.63, 3.8) is 0 Å². The van der Waals surface area contributed by atoms with Crippen LogP contribution in [0, 0.1) is 62.6 Å². The monoisotopic (exact) mass is 785 g/mol. The van der Waals surface area contributed by atoms with Crippen LogP contribution in [0.3, 0.4) is 0 Å². The number of allylic oxidation sites excluding steroid dienone is 2. The lowest BCUT2D eigenvalue weighted by Gasteiger charge is -2.71. The third-order valence-electron chi connectivity index (χ3n) is 18.5. The first-order valence-corrected chi connectivity index (χ1v) is 23.7. The fraction of sp³-hybridized carbons (Fsp3) is 0.788. The van der Waals surface area contributed by atoms with Crippen LogP contribution in [-0.2, 0) is 20.8 Å². The van der Waals surface area contributed by atoms with Gasteiger partial charge in [-0.15, -0.1) is 0 Å². The Morgan fingerprint density at radius 2 is 1.37 bits per heavy atom. The van der Waals surface area contributed by atoms with Crippen LogP contribution in [0.5, 0.6) is 0 Å². The number of benzene rings is 1. The van der Waals surface area contributed by atoms with Gasteiger partial charge in [0, 0.05) is 24.7 Å². The Morgan fingerprint density at radius 1 is 0.737 bits per heavy atom. The number of rotatable bonds is 18. The molecule has 0 radical (unpaired) electrons. The number of aliphatic hydroxyl groups is 1. The van der Waals surface area contributed by atoms with E-state index in [-0.39, 0.29) is 45.4 Å². The molecule has 57 heavy (non-hydrogen) atoms. The molecule has 4 fully saturated rings. The van der Waals surface area contributed by atoms with Crippen LogP contribution in [0.1, 0.15) is 189 Å². The Morgan fingerprint density at radius 3 is 2.02 bits per heavy atom. The van der Waals surface area contributed by atoms with Crippen LogP contribution in [0.15, 0.2) is 42.0 Å². The largest absolute Gasteiger partial charge is 0.481 e. The Hall–Kier alpha value is -2.27. The number of carboxylic acid groups (broad SMARTS) is 1. The van der Waals surface area contributed by atoms with Crippen molar-refractivity contribution in [2.75, 3.05) is 0 Å². The highest BCUT2D eigenvalue weighted by Crippen LogP contribution is 2.76. The summed E-state index contributed by atoms with van der Waals surface area (Å²) in [6.07, 6.45) is 24.3. The van der Waals surface area contributed by atoms with Crippen LogP contribution < -0.4 is 0 Å². The number of ketones is 2. The van der Waals surface area contributed by atoms with Crippen molar-refractivity contribution >= 4 is 17.5 Å². The number of fused-ring (bicyclic) bond motifs is 7. The summed E-state index contributed by atoms with van der Waals surface area (Å²) in [5.41, 5.74) is 3.02. The molecule has 1 aromatic carbocycles. The summed E-state index contributed by atoms with van der Waals surface area (Å²) in [6.45, 7) is 17.5. The average molecular weight is 785 g/mol. The van der Waals surface area contributed by atoms with Gasteiger partial charge in [-0.2, -0.15) is 0 Å². The van der Waals surface area contributed by atoms with Gasteiger partial charge < -0.3 is 10.2 Å². The van der Waals surface area contributed by atoms with E-state index in [2.05, 4.69) is 54.5 Å². The Kier molecular flexibility index (Phi) is 13.8. The molecule has 0 saturated heterocycles. The standard InChI is InChI=1S/C52H80O5/c1-36-26-31-52(45(55)23-19-14-12-10-8-9-11-13-18-22-40(53)35-39(47(56)57)34-38-20-16-15-17-21-38)33-32-50(6)41(46(52)37(36)2)24-25-43-49(5)29-28-44(54)48(3,4)42(49)27-30-51(43,50)7/h15-17,20-21,24,36-37,39,42-44,46,54H,8-14,18-19,22-23,25-35H2,1-7H3,(H,56,57)/t36-,37+,39-,42?,43?,44+,46?,49+,50-,51-,52-/m1/s1. The highest BCUT2D eigenvalue weighted by Gasteiger charge is 2.69. The number of unbranched alkanes of at least 4 members (excludes halogenated alkanes) is 8. The van der Waals surface area contributed by atoms with Gasteiger partial charge in [0.2, 0.25) is 0 Å². The molecular formula is C52H80O5. The molecule has 3 unspecified atom stereocenters. The maximum Gasteiger partial charge on any atom is 0.307 e. The molecule has 0 aromatic heterocycles. The van der Waals surface area contributed by atoms with Crippen LogP contribution in [0.25, 0.3) is 0 Å². The molecule has 0 aliphatic heterocycles. The van der Waals surface area contributed by atoms with Crippen LogP contribution >= 0.6 is 0 Å². The Balaban J connectivity index is 0.958. The Labute approximate surface area is 347 Å². The molecule has 0 heterocycles. The molecule has 5 nitrogen and oxygen atoms in total. The van der Waals surface area contributed by atoms with E-state index in [0.717, 1.165) is 82.6 Å². The van der Waals surface area contributed by atoms with Crippen LogP contribution in [0.4, 0.5) is 0 Å². The maximum absolute atomic E-state index is 14.6.